The van der Waals surface area contributed by atoms with Crippen molar-refractivity contribution in [2.45, 2.75) is 6.18 Å². The number of carbonyl (C=O) groups excluding carboxylic acids is 3. The monoisotopic (exact) mass is 662 g/mol. The van der Waals surface area contributed by atoms with Crippen molar-refractivity contribution in [1.82, 2.24) is 5.32 Å². The van der Waals surface area contributed by atoms with E-state index in [2.05, 4.69) is 0 Å². The number of urea groups is 1. The number of aromatic hydroxyl groups is 1. The molecule has 0 bridgehead atoms. The molecule has 1 aliphatic rings. The van der Waals surface area contributed by atoms with Gasteiger partial charge < -0.3 is 5.11 Å². The Balaban J connectivity index is 2.13. The van der Waals surface area contributed by atoms with E-state index in [1.165, 1.54) is 6.07 Å². The predicted molar refractivity (Wildman–Crippen MR) is 119 cm³/mol. The normalized spacial score (nSPS) is 16.3. The number of hydrogen-bond acceptors (Lipinski definition) is 4. The van der Waals surface area contributed by atoms with Crippen LogP contribution in [-0.2, 0) is 15.8 Å². The lowest BCUT2D eigenvalue weighted by atomic mass is 10.1. The molecule has 1 fully saturated rings. The minimum atomic E-state index is -4.74. The summed E-state index contributed by atoms with van der Waals surface area (Å²) in [5.41, 5.74) is -2.10. The summed E-state index contributed by atoms with van der Waals surface area (Å²) >= 11 is 9.75. The van der Waals surface area contributed by atoms with Crippen LogP contribution in [-0.4, -0.2) is 23.0 Å². The fourth-order valence-corrected chi connectivity index (χ4v) is 4.68. The van der Waals surface area contributed by atoms with Crippen LogP contribution in [0.1, 0.15) is 11.1 Å². The lowest BCUT2D eigenvalue weighted by Gasteiger charge is -2.27. The second-order valence-electron chi connectivity index (χ2n) is 5.95. The summed E-state index contributed by atoms with van der Waals surface area (Å²) in [4.78, 5) is 37.7. The number of halogens is 6. The van der Waals surface area contributed by atoms with Gasteiger partial charge in [0.25, 0.3) is 11.8 Å². The minimum absolute atomic E-state index is 0.120. The molecular weight excluding hydrogens is 654 g/mol. The molecule has 0 aliphatic carbocycles. The molecule has 1 heterocycles. The number of nitrogens with one attached hydrogen (secondary N) is 1. The van der Waals surface area contributed by atoms with Crippen molar-refractivity contribution in [3.8, 4) is 5.75 Å². The van der Waals surface area contributed by atoms with Crippen molar-refractivity contribution < 1.29 is 32.7 Å². The van der Waals surface area contributed by atoms with Crippen molar-refractivity contribution in [3.63, 3.8) is 0 Å². The van der Waals surface area contributed by atoms with Crippen LogP contribution in [0.2, 0.25) is 5.02 Å². The number of imide groups is 2. The number of phenolic OH excluding ortho intramolecular Hbond substituents is 1. The number of barbiturate groups is 1. The zero-order chi connectivity index (χ0) is 22.4. The first-order valence-corrected chi connectivity index (χ1v) is 10.4. The maximum atomic E-state index is 13.1. The molecule has 4 amide bonds. The van der Waals surface area contributed by atoms with Gasteiger partial charge in [-0.05, 0) is 81.6 Å². The average molecular weight is 663 g/mol. The molecule has 30 heavy (non-hydrogen) atoms. The van der Waals surface area contributed by atoms with E-state index in [1.807, 2.05) is 50.5 Å². The van der Waals surface area contributed by atoms with E-state index in [0.29, 0.717) is 24.2 Å². The number of phenols is 1. The maximum Gasteiger partial charge on any atom is 0.416 e. The molecule has 2 N–H and O–H groups in total. The highest BCUT2D eigenvalue weighted by molar-refractivity contribution is 14.1. The first kappa shape index (κ1) is 22.8. The van der Waals surface area contributed by atoms with Crippen LogP contribution in [0.3, 0.4) is 0 Å². The Morgan fingerprint density at radius 2 is 1.77 bits per heavy atom. The largest absolute Gasteiger partial charge is 0.506 e. The van der Waals surface area contributed by atoms with Gasteiger partial charge in [-0.15, -0.1) is 0 Å². The van der Waals surface area contributed by atoms with Gasteiger partial charge in [-0.1, -0.05) is 11.6 Å². The quantitative estimate of drug-likeness (QED) is 0.271. The molecule has 2 aromatic carbocycles. The van der Waals surface area contributed by atoms with Gasteiger partial charge in [0.2, 0.25) is 0 Å². The summed E-state index contributed by atoms with van der Waals surface area (Å²) in [6.45, 7) is 0. The van der Waals surface area contributed by atoms with E-state index >= 15 is 0 Å². The Morgan fingerprint density at radius 3 is 2.40 bits per heavy atom. The van der Waals surface area contributed by atoms with E-state index < -0.39 is 40.8 Å². The van der Waals surface area contributed by atoms with E-state index in [4.69, 9.17) is 11.6 Å². The van der Waals surface area contributed by atoms with Crippen LogP contribution < -0.4 is 10.2 Å². The Hall–Kier alpha value is -1.87. The van der Waals surface area contributed by atoms with Gasteiger partial charge in [-0.25, -0.2) is 9.69 Å². The van der Waals surface area contributed by atoms with Gasteiger partial charge in [0.05, 0.1) is 19.8 Å². The summed E-state index contributed by atoms with van der Waals surface area (Å²) in [6.07, 6.45) is -3.69. The smallest absolute Gasteiger partial charge is 0.416 e. The number of hydrogen-bond donors (Lipinski definition) is 2. The van der Waals surface area contributed by atoms with Crippen molar-refractivity contribution in [3.05, 3.63) is 59.2 Å². The highest BCUT2D eigenvalue weighted by atomic mass is 127. The van der Waals surface area contributed by atoms with Gasteiger partial charge in [0.1, 0.15) is 11.3 Å². The number of benzene rings is 2. The first-order valence-electron chi connectivity index (χ1n) is 7.86. The lowest BCUT2D eigenvalue weighted by molar-refractivity contribution is -0.137. The molecule has 2 aromatic rings. The second kappa shape index (κ2) is 8.34. The molecule has 1 aliphatic heterocycles. The standard InChI is InChI=1S/C18H8ClF3I2N2O4/c19-11-2-1-8(18(20,21)22)5-13(11)26-16(29)10(15(28)25-17(26)30)4-7-3-9(23)6-12(24)14(7)27/h1-6,27H,(H,25,28,30)/b10-4+. The second-order valence-corrected chi connectivity index (χ2v) is 8.76. The van der Waals surface area contributed by atoms with Gasteiger partial charge in [0.15, 0.2) is 0 Å². The fourth-order valence-electron chi connectivity index (χ4n) is 2.59. The molecule has 0 saturated carbocycles. The topological polar surface area (TPSA) is 86.7 Å². The van der Waals surface area contributed by atoms with Gasteiger partial charge >= 0.3 is 12.2 Å². The van der Waals surface area contributed by atoms with Crippen LogP contribution in [0.4, 0.5) is 23.7 Å². The van der Waals surface area contributed by atoms with Crippen LogP contribution in [0.25, 0.3) is 6.08 Å². The molecule has 6 nitrogen and oxygen atoms in total. The Labute approximate surface area is 199 Å². The highest BCUT2D eigenvalue weighted by Gasteiger charge is 2.39. The molecule has 3 rings (SSSR count). The Bertz CT molecular complexity index is 1140. The summed E-state index contributed by atoms with van der Waals surface area (Å²) in [5.74, 6) is -2.44. The number of amides is 4. The van der Waals surface area contributed by atoms with Crippen LogP contribution in [0.15, 0.2) is 35.9 Å². The lowest BCUT2D eigenvalue weighted by Crippen LogP contribution is -2.54. The molecule has 0 unspecified atom stereocenters. The molecular formula is C18H8ClF3I2N2O4. The first-order chi connectivity index (χ1) is 13.9. The third kappa shape index (κ3) is 4.42. The summed E-state index contributed by atoms with van der Waals surface area (Å²) in [5, 5.41) is 11.8. The van der Waals surface area contributed by atoms with Crippen LogP contribution in [0.5, 0.6) is 5.75 Å². The van der Waals surface area contributed by atoms with Gasteiger partial charge in [-0.3, -0.25) is 14.9 Å². The van der Waals surface area contributed by atoms with E-state index in [0.717, 1.165) is 12.1 Å². The maximum absolute atomic E-state index is 13.1. The summed E-state index contributed by atoms with van der Waals surface area (Å²) in [7, 11) is 0. The number of alkyl halides is 3. The minimum Gasteiger partial charge on any atom is -0.506 e. The highest BCUT2D eigenvalue weighted by Crippen LogP contribution is 2.37. The summed E-state index contributed by atoms with van der Waals surface area (Å²) in [6, 6.07) is 4.03. The summed E-state index contributed by atoms with van der Waals surface area (Å²) < 4.78 is 40.3. The molecule has 0 atom stereocenters. The van der Waals surface area contributed by atoms with E-state index in [9.17, 15) is 32.7 Å². The zero-order valence-electron chi connectivity index (χ0n) is 14.4. The predicted octanol–water partition coefficient (Wildman–Crippen LogP) is 4.94. The Kier molecular flexibility index (Phi) is 6.34. The molecule has 0 radical (unpaired) electrons. The number of anilines is 1. The van der Waals surface area contributed by atoms with E-state index in [-0.39, 0.29) is 16.3 Å². The molecule has 156 valence electrons. The van der Waals surface area contributed by atoms with Crippen molar-refractivity contribution in [2.75, 3.05) is 4.90 Å². The molecule has 12 heteroatoms. The number of carbonyl (C=O) groups is 3. The average Bonchev–Trinajstić information content (AvgIpc) is 2.62. The van der Waals surface area contributed by atoms with Gasteiger partial charge in [0, 0.05) is 9.13 Å². The fraction of sp³-hybridized carbons (Fsp3) is 0.0556. The molecule has 0 spiro atoms. The van der Waals surface area contributed by atoms with Crippen molar-refractivity contribution in [1.29, 1.82) is 0 Å². The van der Waals surface area contributed by atoms with E-state index in [1.54, 1.807) is 6.07 Å². The number of rotatable bonds is 2. The Morgan fingerprint density at radius 1 is 1.10 bits per heavy atom. The van der Waals surface area contributed by atoms with Crippen molar-refractivity contribution >= 4 is 86.4 Å². The zero-order valence-corrected chi connectivity index (χ0v) is 19.4. The molecule has 1 saturated heterocycles. The number of nitrogens with zero attached hydrogens (tertiary/aromatic N) is 1. The van der Waals surface area contributed by atoms with Crippen LogP contribution in [0, 0.1) is 7.14 Å². The SMILES string of the molecule is O=C1NC(=O)N(c2cc(C(F)(F)F)ccc2Cl)C(=O)/C1=C/c1cc(I)cc(I)c1O. The third-order valence-corrected chi connectivity index (χ3v) is 5.74. The van der Waals surface area contributed by atoms with Crippen LogP contribution >= 0.6 is 56.8 Å². The third-order valence-electron chi connectivity index (χ3n) is 3.97. The molecule has 0 aromatic heterocycles. The van der Waals surface area contributed by atoms with Crippen molar-refractivity contribution in [2.24, 2.45) is 0 Å². The van der Waals surface area contributed by atoms with Gasteiger partial charge in [-0.2, -0.15) is 13.2 Å².